The molecular weight excluding hydrogens is 264 g/mol. The molecule has 0 spiro atoms. The second kappa shape index (κ2) is 5.52. The fourth-order valence-corrected chi connectivity index (χ4v) is 2.59. The van der Waals surface area contributed by atoms with Crippen LogP contribution in [-0.2, 0) is 18.9 Å². The van der Waals surface area contributed by atoms with Gasteiger partial charge in [-0.2, -0.15) is 10.2 Å². The second-order valence-corrected chi connectivity index (χ2v) is 5.28. The number of rotatable bonds is 2. The molecule has 2 heterocycles. The van der Waals surface area contributed by atoms with Gasteiger partial charge in [0.15, 0.2) is 5.78 Å². The Kier molecular flexibility index (Phi) is 3.56. The third-order valence-electron chi connectivity index (χ3n) is 3.84. The zero-order valence-corrected chi connectivity index (χ0v) is 12.3. The molecule has 0 N–H and O–H groups in total. The van der Waals surface area contributed by atoms with Gasteiger partial charge in [0, 0.05) is 37.6 Å². The van der Waals surface area contributed by atoms with Gasteiger partial charge in [-0.25, -0.2) is 0 Å². The number of hydrogen-bond acceptors (Lipinski definition) is 3. The predicted octanol–water partition coefficient (Wildman–Crippen LogP) is 2.37. The summed E-state index contributed by atoms with van der Waals surface area (Å²) in [7, 11) is 3.76. The number of nitrogens with zero attached hydrogens (tertiary/aromatic N) is 4. The zero-order valence-electron chi connectivity index (χ0n) is 12.3. The van der Waals surface area contributed by atoms with Gasteiger partial charge in [-0.15, -0.1) is 0 Å². The highest BCUT2D eigenvalue weighted by atomic mass is 16.1. The summed E-state index contributed by atoms with van der Waals surface area (Å²) in [6.07, 6.45) is 10.0. The van der Waals surface area contributed by atoms with Crippen LogP contribution in [0.5, 0.6) is 0 Å². The zero-order chi connectivity index (χ0) is 14.8. The van der Waals surface area contributed by atoms with E-state index in [0.29, 0.717) is 0 Å². The molecule has 2 aromatic rings. The van der Waals surface area contributed by atoms with E-state index in [2.05, 4.69) is 10.2 Å². The Morgan fingerprint density at radius 3 is 1.81 bits per heavy atom. The molecule has 108 valence electrons. The minimum absolute atomic E-state index is 0.142. The Hall–Kier alpha value is -2.43. The number of ketones is 1. The summed E-state index contributed by atoms with van der Waals surface area (Å²) in [6.45, 7) is 0. The van der Waals surface area contributed by atoms with Gasteiger partial charge >= 0.3 is 0 Å². The fraction of sp³-hybridized carbons (Fsp3) is 0.312. The van der Waals surface area contributed by atoms with E-state index < -0.39 is 0 Å². The Labute approximate surface area is 123 Å². The van der Waals surface area contributed by atoms with Crippen LogP contribution in [0.4, 0.5) is 0 Å². The van der Waals surface area contributed by atoms with E-state index in [9.17, 15) is 4.79 Å². The quantitative estimate of drug-likeness (QED) is 0.795. The Morgan fingerprint density at radius 1 is 0.952 bits per heavy atom. The molecule has 21 heavy (non-hydrogen) atoms. The third-order valence-corrected chi connectivity index (χ3v) is 3.84. The van der Waals surface area contributed by atoms with Crippen molar-refractivity contribution in [3.05, 3.63) is 47.1 Å². The number of aromatic nitrogens is 4. The summed E-state index contributed by atoms with van der Waals surface area (Å²) in [6, 6.07) is 3.83. The Balaban J connectivity index is 1.91. The highest BCUT2D eigenvalue weighted by Crippen LogP contribution is 2.27. The number of aryl methyl sites for hydroxylation is 2. The van der Waals surface area contributed by atoms with Gasteiger partial charge in [0.2, 0.25) is 0 Å². The molecular formula is C16H18N4O. The van der Waals surface area contributed by atoms with Crippen molar-refractivity contribution < 1.29 is 4.79 Å². The van der Waals surface area contributed by atoms with Crippen molar-refractivity contribution in [2.24, 2.45) is 14.1 Å². The Bertz CT molecular complexity index is 673. The summed E-state index contributed by atoms with van der Waals surface area (Å²) >= 11 is 0. The SMILES string of the molecule is Cn1nccc1/C=C1/CCC/C(=C\c2ccnn2C)C1=O. The highest BCUT2D eigenvalue weighted by Gasteiger charge is 2.21. The van der Waals surface area contributed by atoms with Gasteiger partial charge in [0.05, 0.1) is 11.4 Å². The molecule has 0 atom stereocenters. The average molecular weight is 282 g/mol. The molecule has 1 aliphatic rings. The molecule has 0 aliphatic heterocycles. The lowest BCUT2D eigenvalue weighted by Gasteiger charge is -2.16. The number of hydrogen-bond donors (Lipinski definition) is 0. The molecule has 5 nitrogen and oxygen atoms in total. The van der Waals surface area contributed by atoms with E-state index in [-0.39, 0.29) is 5.78 Å². The Morgan fingerprint density at radius 2 is 1.43 bits per heavy atom. The van der Waals surface area contributed by atoms with Crippen LogP contribution in [-0.4, -0.2) is 25.3 Å². The van der Waals surface area contributed by atoms with Gasteiger partial charge < -0.3 is 0 Å². The van der Waals surface area contributed by atoms with E-state index in [1.165, 1.54) is 0 Å². The first kappa shape index (κ1) is 13.5. The van der Waals surface area contributed by atoms with Crippen LogP contribution < -0.4 is 0 Å². The lowest BCUT2D eigenvalue weighted by molar-refractivity contribution is -0.112. The maximum atomic E-state index is 12.6. The van der Waals surface area contributed by atoms with Gasteiger partial charge in [-0.05, 0) is 43.5 Å². The molecule has 3 rings (SSSR count). The fourth-order valence-electron chi connectivity index (χ4n) is 2.59. The smallest absolute Gasteiger partial charge is 0.185 e. The first-order valence-corrected chi connectivity index (χ1v) is 7.07. The largest absolute Gasteiger partial charge is 0.289 e. The average Bonchev–Trinajstić information content (AvgIpc) is 3.04. The van der Waals surface area contributed by atoms with Gasteiger partial charge in [-0.3, -0.25) is 14.2 Å². The number of allylic oxidation sites excluding steroid dienone is 2. The van der Waals surface area contributed by atoms with E-state index in [1.54, 1.807) is 21.8 Å². The van der Waals surface area contributed by atoms with Crippen LogP contribution in [0.2, 0.25) is 0 Å². The monoisotopic (exact) mass is 282 g/mol. The molecule has 1 fully saturated rings. The van der Waals surface area contributed by atoms with Crippen molar-refractivity contribution >= 4 is 17.9 Å². The lowest BCUT2D eigenvalue weighted by atomic mass is 9.88. The van der Waals surface area contributed by atoms with Crippen LogP contribution >= 0.6 is 0 Å². The first-order chi connectivity index (χ1) is 10.1. The van der Waals surface area contributed by atoms with E-state index >= 15 is 0 Å². The number of carbonyl (C=O) groups is 1. The molecule has 0 aromatic carbocycles. The topological polar surface area (TPSA) is 52.7 Å². The minimum Gasteiger partial charge on any atom is -0.289 e. The number of carbonyl (C=O) groups excluding carboxylic acids is 1. The standard InChI is InChI=1S/C16H18N4O/c1-19-14(6-8-17-19)10-12-4-3-5-13(16(12)21)11-15-7-9-18-20(15)2/h6-11H,3-5H2,1-2H3/b12-10-,13-11+. The van der Waals surface area contributed by atoms with Crippen molar-refractivity contribution in [2.45, 2.75) is 19.3 Å². The molecule has 1 saturated carbocycles. The van der Waals surface area contributed by atoms with Gasteiger partial charge in [0.1, 0.15) is 0 Å². The summed E-state index contributed by atoms with van der Waals surface area (Å²) in [5.41, 5.74) is 3.64. The summed E-state index contributed by atoms with van der Waals surface area (Å²) < 4.78 is 3.55. The van der Waals surface area contributed by atoms with E-state index in [1.807, 2.05) is 38.4 Å². The highest BCUT2D eigenvalue weighted by molar-refractivity contribution is 6.13. The first-order valence-electron chi connectivity index (χ1n) is 7.07. The molecule has 0 radical (unpaired) electrons. The van der Waals surface area contributed by atoms with Crippen LogP contribution in [0, 0.1) is 0 Å². The molecule has 2 aromatic heterocycles. The summed E-state index contributed by atoms with van der Waals surface area (Å²) in [5, 5.41) is 8.27. The molecule has 0 amide bonds. The van der Waals surface area contributed by atoms with Crippen LogP contribution in [0.15, 0.2) is 35.7 Å². The van der Waals surface area contributed by atoms with Gasteiger partial charge in [-0.1, -0.05) is 0 Å². The van der Waals surface area contributed by atoms with Crippen molar-refractivity contribution in [3.8, 4) is 0 Å². The van der Waals surface area contributed by atoms with Gasteiger partial charge in [0.25, 0.3) is 0 Å². The molecule has 5 heteroatoms. The maximum Gasteiger partial charge on any atom is 0.185 e. The number of Topliss-reactive ketones (excluding diaryl/α,β-unsaturated/α-hetero) is 1. The molecule has 1 aliphatic carbocycles. The normalized spacial score (nSPS) is 19.6. The molecule has 0 bridgehead atoms. The lowest BCUT2D eigenvalue weighted by Crippen LogP contribution is -2.13. The van der Waals surface area contributed by atoms with Crippen molar-refractivity contribution in [1.82, 2.24) is 19.6 Å². The van der Waals surface area contributed by atoms with E-state index in [4.69, 9.17) is 0 Å². The van der Waals surface area contributed by atoms with Crippen LogP contribution in [0.3, 0.4) is 0 Å². The predicted molar refractivity (Wildman–Crippen MR) is 81.2 cm³/mol. The van der Waals surface area contributed by atoms with E-state index in [0.717, 1.165) is 41.8 Å². The van der Waals surface area contributed by atoms with Crippen molar-refractivity contribution in [2.75, 3.05) is 0 Å². The second-order valence-electron chi connectivity index (χ2n) is 5.28. The van der Waals surface area contributed by atoms with Crippen LogP contribution in [0.25, 0.3) is 12.2 Å². The third kappa shape index (κ3) is 2.72. The maximum absolute atomic E-state index is 12.6. The van der Waals surface area contributed by atoms with Crippen LogP contribution in [0.1, 0.15) is 30.7 Å². The molecule has 0 saturated heterocycles. The van der Waals surface area contributed by atoms with Crippen molar-refractivity contribution in [3.63, 3.8) is 0 Å². The minimum atomic E-state index is 0.142. The summed E-state index contributed by atoms with van der Waals surface area (Å²) in [4.78, 5) is 12.6. The molecule has 0 unspecified atom stereocenters. The van der Waals surface area contributed by atoms with Crippen molar-refractivity contribution in [1.29, 1.82) is 0 Å². The summed E-state index contributed by atoms with van der Waals surface area (Å²) in [5.74, 6) is 0.142.